The summed E-state index contributed by atoms with van der Waals surface area (Å²) in [5.74, 6) is 0.0816. The lowest BCUT2D eigenvalue weighted by atomic mass is 10.1. The van der Waals surface area contributed by atoms with E-state index >= 15 is 0 Å². The Labute approximate surface area is 127 Å². The maximum Gasteiger partial charge on any atom is 0.279 e. The smallest absolute Gasteiger partial charge is 0.279 e. The van der Waals surface area contributed by atoms with Gasteiger partial charge < -0.3 is 26.9 Å². The molecule has 1 aromatic rings. The van der Waals surface area contributed by atoms with E-state index in [1.807, 2.05) is 26.0 Å². The van der Waals surface area contributed by atoms with Crippen LogP contribution in [0.15, 0.2) is 18.2 Å². The number of halogens is 1. The van der Waals surface area contributed by atoms with E-state index in [-0.39, 0.29) is 18.3 Å². The number of hydrogen-bond acceptors (Lipinski definition) is 2. The van der Waals surface area contributed by atoms with Gasteiger partial charge in [-0.1, -0.05) is 12.1 Å². The third-order valence-electron chi connectivity index (χ3n) is 3.74. The number of aryl methyl sites for hydroxylation is 2. The Morgan fingerprint density at radius 1 is 1.30 bits per heavy atom. The molecule has 0 radical (unpaired) electrons. The Morgan fingerprint density at radius 3 is 2.60 bits per heavy atom. The minimum atomic E-state index is 0. The van der Waals surface area contributed by atoms with Crippen LogP contribution in [0, 0.1) is 13.8 Å². The van der Waals surface area contributed by atoms with Gasteiger partial charge in [0, 0.05) is 5.69 Å². The van der Waals surface area contributed by atoms with Crippen LogP contribution in [0.4, 0.5) is 5.69 Å². The van der Waals surface area contributed by atoms with Crippen molar-refractivity contribution in [3.8, 4) is 0 Å². The summed E-state index contributed by atoms with van der Waals surface area (Å²) < 4.78 is 6.11. The van der Waals surface area contributed by atoms with Crippen LogP contribution in [-0.2, 0) is 9.53 Å². The summed E-state index contributed by atoms with van der Waals surface area (Å²) in [6.07, 6.45) is 0. The molecule has 5 heteroatoms. The van der Waals surface area contributed by atoms with Gasteiger partial charge in [-0.25, -0.2) is 0 Å². The number of nitrogens with one attached hydrogen (secondary N) is 1. The highest BCUT2D eigenvalue weighted by molar-refractivity contribution is 5.92. The first-order valence-corrected chi connectivity index (χ1v) is 6.77. The molecule has 2 rings (SSSR count). The highest BCUT2D eigenvalue weighted by Crippen LogP contribution is 2.17. The van der Waals surface area contributed by atoms with Gasteiger partial charge in [0.25, 0.3) is 5.91 Å². The van der Waals surface area contributed by atoms with Crippen LogP contribution in [0.3, 0.4) is 0 Å². The van der Waals surface area contributed by atoms with Gasteiger partial charge in [-0.15, -0.1) is 0 Å². The second kappa shape index (κ2) is 7.07. The predicted octanol–water partition coefficient (Wildman–Crippen LogP) is -1.28. The van der Waals surface area contributed by atoms with E-state index in [4.69, 9.17) is 4.74 Å². The van der Waals surface area contributed by atoms with Crippen LogP contribution in [-0.4, -0.2) is 50.3 Å². The number of benzene rings is 1. The number of nitrogens with zero attached hydrogens (tertiary/aromatic N) is 1. The van der Waals surface area contributed by atoms with Crippen molar-refractivity contribution in [1.29, 1.82) is 0 Å². The van der Waals surface area contributed by atoms with E-state index < -0.39 is 0 Å². The first kappa shape index (κ1) is 17.0. The molecular formula is C15H23ClN2O2. The second-order valence-electron chi connectivity index (χ2n) is 5.70. The predicted molar refractivity (Wildman–Crippen MR) is 76.2 cm³/mol. The molecule has 1 aromatic carbocycles. The van der Waals surface area contributed by atoms with Gasteiger partial charge in [0.2, 0.25) is 0 Å². The number of likely N-dealkylation sites (N-methyl/N-ethyl adjacent to an activating group) is 1. The molecule has 0 saturated carbocycles. The Morgan fingerprint density at radius 2 is 1.95 bits per heavy atom. The topological polar surface area (TPSA) is 38.3 Å². The largest absolute Gasteiger partial charge is 1.00 e. The normalized spacial score (nSPS) is 17.1. The van der Waals surface area contributed by atoms with Crippen molar-refractivity contribution in [2.45, 2.75) is 13.8 Å². The molecule has 1 N–H and O–H groups in total. The number of carbonyl (C=O) groups excluding carboxylic acids is 1. The van der Waals surface area contributed by atoms with Crippen LogP contribution in [0.1, 0.15) is 11.1 Å². The van der Waals surface area contributed by atoms with E-state index in [1.54, 1.807) is 0 Å². The van der Waals surface area contributed by atoms with Crippen molar-refractivity contribution >= 4 is 11.6 Å². The number of anilines is 1. The van der Waals surface area contributed by atoms with Gasteiger partial charge >= 0.3 is 0 Å². The zero-order valence-corrected chi connectivity index (χ0v) is 13.2. The Kier molecular flexibility index (Phi) is 5.99. The van der Waals surface area contributed by atoms with E-state index in [1.165, 1.54) is 0 Å². The second-order valence-corrected chi connectivity index (χ2v) is 5.70. The Balaban J connectivity index is 0.00000200. The number of carbonyl (C=O) groups is 1. The van der Waals surface area contributed by atoms with Crippen LogP contribution in [0.2, 0.25) is 0 Å². The molecule has 0 unspecified atom stereocenters. The first-order chi connectivity index (χ1) is 8.98. The molecule has 1 fully saturated rings. The van der Waals surface area contributed by atoms with Gasteiger partial charge in [-0.3, -0.25) is 4.79 Å². The summed E-state index contributed by atoms with van der Waals surface area (Å²) >= 11 is 0. The van der Waals surface area contributed by atoms with Crippen molar-refractivity contribution < 1.29 is 26.4 Å². The molecule has 4 nitrogen and oxygen atoms in total. The molecule has 1 amide bonds. The van der Waals surface area contributed by atoms with Crippen LogP contribution in [0.25, 0.3) is 0 Å². The molecule has 1 aliphatic rings. The maximum absolute atomic E-state index is 12.2. The summed E-state index contributed by atoms with van der Waals surface area (Å²) in [6.45, 7) is 7.85. The fraction of sp³-hybridized carbons (Fsp3) is 0.533. The standard InChI is InChI=1S/C15H22N2O2.ClH/c1-12-4-5-13(2)14(10-12)16-15(18)11-17(3)6-8-19-9-7-17;/h4-5,10H,6-9,11H2,1-3H3;1H. The minimum absolute atomic E-state index is 0. The highest BCUT2D eigenvalue weighted by atomic mass is 35.5. The third kappa shape index (κ3) is 4.47. The van der Waals surface area contributed by atoms with Gasteiger partial charge in [0.15, 0.2) is 6.54 Å². The zero-order valence-electron chi connectivity index (χ0n) is 12.4. The average molecular weight is 299 g/mol. The fourth-order valence-electron chi connectivity index (χ4n) is 2.35. The van der Waals surface area contributed by atoms with Crippen molar-refractivity contribution in [2.24, 2.45) is 0 Å². The van der Waals surface area contributed by atoms with Crippen LogP contribution < -0.4 is 17.7 Å². The molecular weight excluding hydrogens is 276 g/mol. The van der Waals surface area contributed by atoms with Crippen molar-refractivity contribution in [1.82, 2.24) is 0 Å². The lowest BCUT2D eigenvalue weighted by Crippen LogP contribution is -3.00. The number of rotatable bonds is 3. The number of morpholine rings is 1. The van der Waals surface area contributed by atoms with Gasteiger partial charge in [0.05, 0.1) is 20.3 Å². The number of amides is 1. The minimum Gasteiger partial charge on any atom is -1.00 e. The van der Waals surface area contributed by atoms with Crippen molar-refractivity contribution in [3.05, 3.63) is 29.3 Å². The summed E-state index contributed by atoms with van der Waals surface area (Å²) in [5.41, 5.74) is 3.18. The lowest BCUT2D eigenvalue weighted by molar-refractivity contribution is -0.909. The van der Waals surface area contributed by atoms with E-state index in [0.717, 1.165) is 47.6 Å². The quantitative estimate of drug-likeness (QED) is 0.706. The summed E-state index contributed by atoms with van der Waals surface area (Å²) in [7, 11) is 2.12. The van der Waals surface area contributed by atoms with Crippen molar-refractivity contribution in [2.75, 3.05) is 45.2 Å². The molecule has 112 valence electrons. The molecule has 1 saturated heterocycles. The molecule has 0 spiro atoms. The Bertz CT molecular complexity index is 471. The van der Waals surface area contributed by atoms with Gasteiger partial charge in [-0.05, 0) is 31.0 Å². The molecule has 1 aliphatic heterocycles. The third-order valence-corrected chi connectivity index (χ3v) is 3.74. The van der Waals surface area contributed by atoms with E-state index in [0.29, 0.717) is 6.54 Å². The molecule has 0 atom stereocenters. The maximum atomic E-state index is 12.2. The molecule has 0 aliphatic carbocycles. The first-order valence-electron chi connectivity index (χ1n) is 6.77. The Hall–Kier alpha value is -1.10. The van der Waals surface area contributed by atoms with Crippen LogP contribution in [0.5, 0.6) is 0 Å². The zero-order chi connectivity index (χ0) is 13.9. The van der Waals surface area contributed by atoms with E-state index in [9.17, 15) is 4.79 Å². The molecule has 1 heterocycles. The number of ether oxygens (including phenoxy) is 1. The number of hydrogen-bond donors (Lipinski definition) is 1. The number of quaternary nitrogens is 1. The lowest BCUT2D eigenvalue weighted by Gasteiger charge is -2.36. The monoisotopic (exact) mass is 298 g/mol. The summed E-state index contributed by atoms with van der Waals surface area (Å²) in [4.78, 5) is 12.2. The molecule has 0 aromatic heterocycles. The van der Waals surface area contributed by atoms with E-state index in [2.05, 4.69) is 18.4 Å². The summed E-state index contributed by atoms with van der Waals surface area (Å²) in [6, 6.07) is 6.11. The highest BCUT2D eigenvalue weighted by Gasteiger charge is 2.28. The molecule has 0 bridgehead atoms. The van der Waals surface area contributed by atoms with Gasteiger partial charge in [0.1, 0.15) is 13.1 Å². The van der Waals surface area contributed by atoms with Crippen molar-refractivity contribution in [3.63, 3.8) is 0 Å². The fourth-order valence-corrected chi connectivity index (χ4v) is 2.35. The average Bonchev–Trinajstić information content (AvgIpc) is 2.34. The van der Waals surface area contributed by atoms with Gasteiger partial charge in [-0.2, -0.15) is 0 Å². The SMILES string of the molecule is Cc1ccc(C)c(NC(=O)C[N+]2(C)CCOCC2)c1.[Cl-]. The molecule has 20 heavy (non-hydrogen) atoms. The van der Waals surface area contributed by atoms with Crippen LogP contribution >= 0.6 is 0 Å². The summed E-state index contributed by atoms with van der Waals surface area (Å²) in [5, 5.41) is 3.03.